The van der Waals surface area contributed by atoms with Crippen molar-refractivity contribution in [2.45, 2.75) is 0 Å². The Labute approximate surface area is 80.5 Å². The first kappa shape index (κ1) is 9.26. The maximum Gasteiger partial charge on any atom is 0.0802 e. The average Bonchev–Trinajstić information content (AvgIpc) is 2.27. The molecule has 0 bridgehead atoms. The lowest BCUT2D eigenvalue weighted by molar-refractivity contribution is 1.27. The van der Waals surface area contributed by atoms with Crippen molar-refractivity contribution in [2.24, 2.45) is 4.99 Å². The number of hydrogen-bond acceptors (Lipinski definition) is 2. The Kier molecular flexibility index (Phi) is 3.29. The van der Waals surface area contributed by atoms with Crippen LogP contribution in [0.5, 0.6) is 0 Å². The van der Waals surface area contributed by atoms with Gasteiger partial charge < -0.3 is 5.32 Å². The highest BCUT2D eigenvalue weighted by atomic mass is 79.9. The summed E-state index contributed by atoms with van der Waals surface area (Å²) >= 11 is 3.40. The van der Waals surface area contributed by atoms with Crippen LogP contribution in [-0.2, 0) is 0 Å². The first-order valence-corrected chi connectivity index (χ1v) is 4.47. The maximum atomic E-state index is 4.14. The van der Waals surface area contributed by atoms with Gasteiger partial charge in [-0.2, -0.15) is 0 Å². The Hall–Kier alpha value is -0.830. The van der Waals surface area contributed by atoms with Gasteiger partial charge in [-0.15, -0.1) is 0 Å². The zero-order valence-electron chi connectivity index (χ0n) is 7.13. The fourth-order valence-electron chi connectivity index (χ4n) is 0.959. The molecular formula is C9H11BrN2. The molecule has 0 saturated heterocycles. The molecule has 1 aromatic rings. The summed E-state index contributed by atoms with van der Waals surface area (Å²) in [5.41, 5.74) is 1.03. The van der Waals surface area contributed by atoms with Crippen molar-refractivity contribution in [1.82, 2.24) is 0 Å². The molecule has 1 N–H and O–H groups in total. The zero-order valence-corrected chi connectivity index (χ0v) is 8.72. The lowest BCUT2D eigenvalue weighted by atomic mass is 10.4. The van der Waals surface area contributed by atoms with E-state index in [1.807, 2.05) is 31.3 Å². The normalized spacial score (nSPS) is 11.4. The molecule has 12 heavy (non-hydrogen) atoms. The van der Waals surface area contributed by atoms with E-state index in [9.17, 15) is 0 Å². The van der Waals surface area contributed by atoms with Crippen molar-refractivity contribution in [2.75, 3.05) is 19.4 Å². The molecule has 0 unspecified atom stereocenters. The molecule has 0 aliphatic rings. The van der Waals surface area contributed by atoms with Crippen LogP contribution in [0, 0.1) is 0 Å². The molecule has 0 heterocycles. The van der Waals surface area contributed by atoms with Gasteiger partial charge in [-0.3, -0.25) is 4.99 Å². The van der Waals surface area contributed by atoms with Gasteiger partial charge >= 0.3 is 0 Å². The second kappa shape index (κ2) is 4.26. The largest absolute Gasteiger partial charge is 0.386 e. The minimum absolute atomic E-state index is 0.961. The fraction of sp³-hybridized carbons (Fsp3) is 0.222. The van der Waals surface area contributed by atoms with Crippen LogP contribution in [0.25, 0.3) is 0 Å². The second-order valence-electron chi connectivity index (χ2n) is 2.32. The minimum Gasteiger partial charge on any atom is -0.386 e. The lowest BCUT2D eigenvalue weighted by Crippen LogP contribution is -2.05. The van der Waals surface area contributed by atoms with Crippen LogP contribution in [0.3, 0.4) is 0 Å². The molecule has 0 radical (unpaired) electrons. The van der Waals surface area contributed by atoms with Gasteiger partial charge in [0.2, 0.25) is 0 Å². The van der Waals surface area contributed by atoms with Crippen LogP contribution in [0.1, 0.15) is 0 Å². The molecule has 3 heteroatoms. The molecule has 1 rings (SSSR count). The minimum atomic E-state index is 0.961. The molecule has 0 saturated carbocycles. The molecular weight excluding hydrogens is 216 g/mol. The first-order valence-electron chi connectivity index (χ1n) is 3.68. The van der Waals surface area contributed by atoms with E-state index in [0.717, 1.165) is 15.5 Å². The van der Waals surface area contributed by atoms with E-state index in [2.05, 4.69) is 26.2 Å². The second-order valence-corrected chi connectivity index (χ2v) is 3.24. The lowest BCUT2D eigenvalue weighted by Gasteiger charge is -1.93. The third-order valence-corrected chi connectivity index (χ3v) is 2.12. The Balaban J connectivity index is 3.40. The number of hydrogen-bond donors (Lipinski definition) is 1. The number of nitrogens with zero attached hydrogens (tertiary/aromatic N) is 1. The van der Waals surface area contributed by atoms with Crippen molar-refractivity contribution >= 4 is 21.6 Å². The van der Waals surface area contributed by atoms with Gasteiger partial charge in [-0.1, -0.05) is 15.9 Å². The summed E-state index contributed by atoms with van der Waals surface area (Å²) in [5, 5.41) is 4.04. The number of halogens is 1. The van der Waals surface area contributed by atoms with Crippen LogP contribution < -0.4 is 10.7 Å². The van der Waals surface area contributed by atoms with Crippen LogP contribution in [0.2, 0.25) is 0 Å². The Morgan fingerprint density at radius 3 is 2.50 bits per heavy atom. The predicted molar refractivity (Wildman–Crippen MR) is 55.2 cm³/mol. The molecule has 0 spiro atoms. The molecule has 0 atom stereocenters. The Morgan fingerprint density at radius 2 is 1.92 bits per heavy atom. The molecule has 0 fully saturated rings. The monoisotopic (exact) mass is 226 g/mol. The molecule has 1 aromatic carbocycles. The van der Waals surface area contributed by atoms with Crippen LogP contribution in [-0.4, -0.2) is 14.1 Å². The van der Waals surface area contributed by atoms with Crippen molar-refractivity contribution in [3.05, 3.63) is 34.1 Å². The number of nitrogens with one attached hydrogen (secondary N) is 1. The Morgan fingerprint density at radius 1 is 1.25 bits per heavy atom. The van der Waals surface area contributed by atoms with E-state index in [4.69, 9.17) is 0 Å². The van der Waals surface area contributed by atoms with Crippen molar-refractivity contribution in [3.8, 4) is 0 Å². The maximum absolute atomic E-state index is 4.14. The van der Waals surface area contributed by atoms with Gasteiger partial charge in [-0.25, -0.2) is 0 Å². The van der Waals surface area contributed by atoms with Crippen molar-refractivity contribution in [3.63, 3.8) is 0 Å². The molecule has 0 aliphatic carbocycles. The molecule has 0 aliphatic heterocycles. The highest BCUT2D eigenvalue weighted by Crippen LogP contribution is 2.07. The van der Waals surface area contributed by atoms with E-state index >= 15 is 0 Å². The quantitative estimate of drug-likeness (QED) is 0.779. The van der Waals surface area contributed by atoms with Crippen molar-refractivity contribution < 1.29 is 0 Å². The topological polar surface area (TPSA) is 24.4 Å². The zero-order chi connectivity index (χ0) is 8.97. The average molecular weight is 227 g/mol. The fourth-order valence-corrected chi connectivity index (χ4v) is 1.22. The summed E-state index contributed by atoms with van der Waals surface area (Å²) in [6.07, 6.45) is 0. The standard InChI is InChI=1S/C9H11BrN2/c1-11-8-5-3-7(10)4-6-9(8)12-2/h3-6H,1-2H3,(H,11,12). The van der Waals surface area contributed by atoms with Gasteiger partial charge in [0.1, 0.15) is 0 Å². The third kappa shape index (κ3) is 2.08. The van der Waals surface area contributed by atoms with E-state index < -0.39 is 0 Å². The van der Waals surface area contributed by atoms with Crippen LogP contribution in [0.4, 0.5) is 5.69 Å². The summed E-state index contributed by atoms with van der Waals surface area (Å²) in [6.45, 7) is 0. The van der Waals surface area contributed by atoms with Gasteiger partial charge in [0.25, 0.3) is 0 Å². The number of rotatable bonds is 1. The van der Waals surface area contributed by atoms with Crippen LogP contribution >= 0.6 is 15.9 Å². The Bertz CT molecular complexity index is 334. The SMILES string of the molecule is CN=c1ccc(Br)ccc1NC. The summed E-state index contributed by atoms with van der Waals surface area (Å²) in [7, 11) is 3.67. The van der Waals surface area contributed by atoms with E-state index in [-0.39, 0.29) is 0 Å². The van der Waals surface area contributed by atoms with Gasteiger partial charge in [0, 0.05) is 18.6 Å². The highest BCUT2D eigenvalue weighted by Gasteiger charge is 1.89. The van der Waals surface area contributed by atoms with Gasteiger partial charge in [0.15, 0.2) is 0 Å². The summed E-state index contributed by atoms with van der Waals surface area (Å²) < 4.78 is 1.05. The summed E-state index contributed by atoms with van der Waals surface area (Å²) in [6, 6.07) is 7.92. The molecule has 0 aromatic heterocycles. The summed E-state index contributed by atoms with van der Waals surface area (Å²) in [4.78, 5) is 4.14. The van der Waals surface area contributed by atoms with Crippen molar-refractivity contribution in [1.29, 1.82) is 0 Å². The molecule has 2 nitrogen and oxygen atoms in total. The smallest absolute Gasteiger partial charge is 0.0802 e. The first-order chi connectivity index (χ1) is 5.77. The van der Waals surface area contributed by atoms with E-state index in [0.29, 0.717) is 0 Å². The number of anilines is 1. The van der Waals surface area contributed by atoms with Gasteiger partial charge in [-0.05, 0) is 24.3 Å². The molecule has 64 valence electrons. The predicted octanol–water partition coefficient (Wildman–Crippen LogP) is 2.02. The van der Waals surface area contributed by atoms with E-state index in [1.165, 1.54) is 0 Å². The summed E-state index contributed by atoms with van der Waals surface area (Å²) in [5.74, 6) is 0. The van der Waals surface area contributed by atoms with E-state index in [1.54, 1.807) is 7.05 Å². The third-order valence-electron chi connectivity index (χ3n) is 1.60. The highest BCUT2D eigenvalue weighted by molar-refractivity contribution is 9.10. The molecule has 0 amide bonds. The van der Waals surface area contributed by atoms with Crippen LogP contribution in [0.15, 0.2) is 33.7 Å². The van der Waals surface area contributed by atoms with Gasteiger partial charge in [0.05, 0.1) is 11.0 Å².